The number of ether oxygens (including phenoxy) is 1. The Morgan fingerprint density at radius 2 is 1.79 bits per heavy atom. The van der Waals surface area contributed by atoms with E-state index in [-0.39, 0.29) is 12.2 Å². The first kappa shape index (κ1) is 18.5. The lowest BCUT2D eigenvalue weighted by molar-refractivity contribution is 0.0276. The van der Waals surface area contributed by atoms with E-state index in [1.165, 1.54) is 37.2 Å². The van der Waals surface area contributed by atoms with Crippen molar-refractivity contribution in [2.45, 2.75) is 31.1 Å². The predicted octanol–water partition coefficient (Wildman–Crippen LogP) is 2.82. The molecule has 5 nitrogen and oxygen atoms in total. The van der Waals surface area contributed by atoms with Crippen molar-refractivity contribution in [1.29, 1.82) is 0 Å². The zero-order valence-electron chi connectivity index (χ0n) is 16.3. The average molecular weight is 401 g/mol. The second-order valence-corrected chi connectivity index (χ2v) is 8.61. The number of halogens is 1. The van der Waals surface area contributed by atoms with Gasteiger partial charge in [0.05, 0.1) is 37.2 Å². The van der Waals surface area contributed by atoms with Crippen molar-refractivity contribution < 1.29 is 4.74 Å². The van der Waals surface area contributed by atoms with Crippen LogP contribution < -0.4 is 5.32 Å². The van der Waals surface area contributed by atoms with Crippen LogP contribution in [0.15, 0.2) is 48.3 Å². The molecule has 28 heavy (non-hydrogen) atoms. The van der Waals surface area contributed by atoms with Gasteiger partial charge in [0, 0.05) is 43.9 Å². The van der Waals surface area contributed by atoms with Gasteiger partial charge in [-0.2, -0.15) is 0 Å². The third-order valence-electron chi connectivity index (χ3n) is 6.42. The predicted molar refractivity (Wildman–Crippen MR) is 112 cm³/mol. The average Bonchev–Trinajstić information content (AvgIpc) is 3.38. The lowest BCUT2D eigenvalue weighted by Crippen LogP contribution is -2.47. The molecule has 3 saturated heterocycles. The van der Waals surface area contributed by atoms with Crippen LogP contribution in [0.25, 0.3) is 0 Å². The number of fused-ring (bicyclic) bond motifs is 1. The molecule has 6 heteroatoms. The maximum Gasteiger partial charge on any atom is 0.0996 e. The molecule has 3 unspecified atom stereocenters. The molecule has 150 valence electrons. The smallest absolute Gasteiger partial charge is 0.0996 e. The Labute approximate surface area is 172 Å². The first-order chi connectivity index (χ1) is 13.8. The van der Waals surface area contributed by atoms with Gasteiger partial charge in [0.1, 0.15) is 0 Å². The maximum atomic E-state index is 6.14. The number of allylic oxidation sites excluding steroid dienone is 1. The minimum atomic E-state index is 0.248. The van der Waals surface area contributed by atoms with E-state index in [2.05, 4.69) is 50.5 Å². The molecule has 0 amide bonds. The van der Waals surface area contributed by atoms with E-state index >= 15 is 0 Å². The highest BCUT2D eigenvalue weighted by atomic mass is 35.5. The summed E-state index contributed by atoms with van der Waals surface area (Å²) >= 11 is 6.14. The minimum absolute atomic E-state index is 0.248. The zero-order valence-corrected chi connectivity index (χ0v) is 17.0. The van der Waals surface area contributed by atoms with Gasteiger partial charge in [-0.25, -0.2) is 0 Å². The molecule has 4 aliphatic rings. The molecule has 1 aromatic rings. The lowest BCUT2D eigenvalue weighted by atomic mass is 9.99. The van der Waals surface area contributed by atoms with Crippen LogP contribution in [-0.4, -0.2) is 72.8 Å². The highest BCUT2D eigenvalue weighted by Crippen LogP contribution is 2.34. The van der Waals surface area contributed by atoms with Crippen LogP contribution in [-0.2, 0) is 4.74 Å². The number of benzene rings is 1. The van der Waals surface area contributed by atoms with Gasteiger partial charge >= 0.3 is 0 Å². The van der Waals surface area contributed by atoms with Gasteiger partial charge in [-0.05, 0) is 42.7 Å². The second kappa shape index (κ2) is 8.07. The van der Waals surface area contributed by atoms with Crippen molar-refractivity contribution in [3.05, 3.63) is 58.9 Å². The van der Waals surface area contributed by atoms with Crippen LogP contribution in [0.4, 0.5) is 0 Å². The van der Waals surface area contributed by atoms with E-state index in [0.29, 0.717) is 6.04 Å². The van der Waals surface area contributed by atoms with Crippen molar-refractivity contribution in [3.8, 4) is 0 Å². The van der Waals surface area contributed by atoms with Crippen LogP contribution in [0, 0.1) is 0 Å². The highest BCUT2D eigenvalue weighted by Gasteiger charge is 2.41. The van der Waals surface area contributed by atoms with E-state index in [1.54, 1.807) is 0 Å². The molecule has 1 aromatic carbocycles. The minimum Gasteiger partial charge on any atom is -0.379 e. The summed E-state index contributed by atoms with van der Waals surface area (Å²) < 4.78 is 5.56. The first-order valence-corrected chi connectivity index (χ1v) is 10.9. The number of rotatable bonds is 4. The zero-order chi connectivity index (χ0) is 18.9. The molecular formula is C22H29ClN4O. The molecule has 3 atom stereocenters. The normalized spacial score (nSPS) is 30.6. The molecule has 0 spiro atoms. The molecule has 5 rings (SSSR count). The summed E-state index contributed by atoms with van der Waals surface area (Å²) in [6.07, 6.45) is 9.88. The van der Waals surface area contributed by atoms with Crippen molar-refractivity contribution in [1.82, 2.24) is 20.0 Å². The SMILES string of the molecule is Clc1ccc(C2NC3C=CC(N4CCCC4)=CN3C2CN2CCOCC2)cc1. The quantitative estimate of drug-likeness (QED) is 0.839. The van der Waals surface area contributed by atoms with E-state index in [0.717, 1.165) is 37.9 Å². The highest BCUT2D eigenvalue weighted by molar-refractivity contribution is 6.30. The van der Waals surface area contributed by atoms with Gasteiger partial charge in [0.25, 0.3) is 0 Å². The number of nitrogens with one attached hydrogen (secondary N) is 1. The molecule has 4 aliphatic heterocycles. The van der Waals surface area contributed by atoms with E-state index in [1.807, 2.05) is 12.1 Å². The summed E-state index contributed by atoms with van der Waals surface area (Å²) in [5.41, 5.74) is 2.67. The molecule has 0 saturated carbocycles. The summed E-state index contributed by atoms with van der Waals surface area (Å²) in [5.74, 6) is 0. The fourth-order valence-electron chi connectivity index (χ4n) is 4.87. The van der Waals surface area contributed by atoms with E-state index < -0.39 is 0 Å². The Morgan fingerprint density at radius 3 is 2.54 bits per heavy atom. The Hall–Kier alpha value is -1.53. The summed E-state index contributed by atoms with van der Waals surface area (Å²) in [6.45, 7) is 7.10. The summed E-state index contributed by atoms with van der Waals surface area (Å²) in [5, 5.41) is 4.65. The van der Waals surface area contributed by atoms with Gasteiger partial charge in [-0.3, -0.25) is 10.2 Å². The molecule has 3 fully saturated rings. The third kappa shape index (κ3) is 3.69. The van der Waals surface area contributed by atoms with Crippen LogP contribution in [0.1, 0.15) is 24.4 Å². The number of morpholine rings is 1. The van der Waals surface area contributed by atoms with Gasteiger partial charge < -0.3 is 14.5 Å². The Kier molecular flexibility index (Phi) is 5.33. The van der Waals surface area contributed by atoms with Crippen LogP contribution >= 0.6 is 11.6 Å². The van der Waals surface area contributed by atoms with Crippen molar-refractivity contribution in [2.75, 3.05) is 45.9 Å². The summed E-state index contributed by atoms with van der Waals surface area (Å²) in [6, 6.07) is 9.00. The standard InChI is InChI=1S/C22H29ClN4O/c23-18-5-3-17(4-6-18)22-20(16-25-11-13-28-14-12-25)27-15-19(7-8-21(27)24-22)26-9-1-2-10-26/h3-8,15,20-22,24H,1-2,9-14,16H2. The summed E-state index contributed by atoms with van der Waals surface area (Å²) in [7, 11) is 0. The van der Waals surface area contributed by atoms with Gasteiger partial charge in [-0.1, -0.05) is 23.7 Å². The molecule has 1 N–H and O–H groups in total. The largest absolute Gasteiger partial charge is 0.379 e. The van der Waals surface area contributed by atoms with Crippen LogP contribution in [0.2, 0.25) is 5.02 Å². The van der Waals surface area contributed by atoms with Crippen LogP contribution in [0.5, 0.6) is 0 Å². The maximum absolute atomic E-state index is 6.14. The molecule has 4 heterocycles. The van der Waals surface area contributed by atoms with Gasteiger partial charge in [0.15, 0.2) is 0 Å². The monoisotopic (exact) mass is 400 g/mol. The lowest BCUT2D eigenvalue weighted by Gasteiger charge is -2.37. The molecular weight excluding hydrogens is 372 g/mol. The molecule has 0 aromatic heterocycles. The van der Waals surface area contributed by atoms with Crippen molar-refractivity contribution in [3.63, 3.8) is 0 Å². The van der Waals surface area contributed by atoms with Gasteiger partial charge in [0.2, 0.25) is 0 Å². The molecule has 0 aliphatic carbocycles. The summed E-state index contributed by atoms with van der Waals surface area (Å²) in [4.78, 5) is 7.61. The number of hydrogen-bond acceptors (Lipinski definition) is 5. The number of hydrogen-bond donors (Lipinski definition) is 1. The topological polar surface area (TPSA) is 31.0 Å². The number of likely N-dealkylation sites (tertiary alicyclic amines) is 1. The molecule has 0 bridgehead atoms. The second-order valence-electron chi connectivity index (χ2n) is 8.18. The Bertz CT molecular complexity index is 737. The van der Waals surface area contributed by atoms with Crippen molar-refractivity contribution in [2.24, 2.45) is 0 Å². The fourth-order valence-corrected chi connectivity index (χ4v) is 5.00. The van der Waals surface area contributed by atoms with E-state index in [4.69, 9.17) is 16.3 Å². The Morgan fingerprint density at radius 1 is 1.04 bits per heavy atom. The fraction of sp³-hybridized carbons (Fsp3) is 0.545. The molecule has 0 radical (unpaired) electrons. The Balaban J connectivity index is 1.42. The van der Waals surface area contributed by atoms with Gasteiger partial charge in [-0.15, -0.1) is 0 Å². The van der Waals surface area contributed by atoms with Crippen molar-refractivity contribution >= 4 is 11.6 Å². The van der Waals surface area contributed by atoms with Crippen LogP contribution in [0.3, 0.4) is 0 Å². The number of nitrogens with zero attached hydrogens (tertiary/aromatic N) is 3. The van der Waals surface area contributed by atoms with E-state index in [9.17, 15) is 0 Å². The third-order valence-corrected chi connectivity index (χ3v) is 6.67. The first-order valence-electron chi connectivity index (χ1n) is 10.5.